The Morgan fingerprint density at radius 2 is 2.04 bits per heavy atom. The highest BCUT2D eigenvalue weighted by Gasteiger charge is 2.39. The number of hydrogen-bond acceptors (Lipinski definition) is 3. The zero-order chi connectivity index (χ0) is 18.0. The molecule has 1 unspecified atom stereocenters. The van der Waals surface area contributed by atoms with Crippen molar-refractivity contribution in [3.05, 3.63) is 17.5 Å². The molecule has 0 spiro atoms. The molecule has 1 aromatic rings. The number of likely N-dealkylation sites (tertiary alicyclic amines) is 1. The average Bonchev–Trinajstić information content (AvgIpc) is 3.07. The molecule has 1 atom stereocenters. The second kappa shape index (κ2) is 8.40. The Morgan fingerprint density at radius 3 is 2.52 bits per heavy atom. The van der Waals surface area contributed by atoms with Crippen LogP contribution in [0.4, 0.5) is 13.2 Å². The molecular weight excluding hydrogens is 357 g/mol. The van der Waals surface area contributed by atoms with E-state index < -0.39 is 17.3 Å². The Bertz CT molecular complexity index is 564. The fourth-order valence-corrected chi connectivity index (χ4v) is 3.37. The predicted molar refractivity (Wildman–Crippen MR) is 91.5 cm³/mol. The highest BCUT2D eigenvalue weighted by Crippen LogP contribution is 2.34. The normalized spacial score (nSPS) is 18.8. The minimum absolute atomic E-state index is 0. The number of amides is 1. The van der Waals surface area contributed by atoms with Gasteiger partial charge in [0.15, 0.2) is 5.69 Å². The van der Waals surface area contributed by atoms with Crippen molar-refractivity contribution >= 4 is 18.3 Å². The lowest BCUT2D eigenvalue weighted by molar-refractivity contribution is -0.143. The molecule has 2 heterocycles. The van der Waals surface area contributed by atoms with Gasteiger partial charge in [0.05, 0.1) is 5.41 Å². The summed E-state index contributed by atoms with van der Waals surface area (Å²) < 4.78 is 38.1. The highest BCUT2D eigenvalue weighted by atomic mass is 35.5. The molecule has 0 bridgehead atoms. The smallest absolute Gasteiger partial charge is 0.342 e. The van der Waals surface area contributed by atoms with Gasteiger partial charge in [0.25, 0.3) is 0 Å². The van der Waals surface area contributed by atoms with Gasteiger partial charge in [0.2, 0.25) is 5.91 Å². The van der Waals surface area contributed by atoms with Crippen LogP contribution in [0, 0.1) is 5.41 Å². The summed E-state index contributed by atoms with van der Waals surface area (Å²) in [6, 6.07) is 1.05. The summed E-state index contributed by atoms with van der Waals surface area (Å²) in [7, 11) is 0. The van der Waals surface area contributed by atoms with Crippen molar-refractivity contribution in [1.82, 2.24) is 15.1 Å². The van der Waals surface area contributed by atoms with Crippen LogP contribution >= 0.6 is 12.4 Å². The number of nitrogens with two attached hydrogens (primary N) is 1. The van der Waals surface area contributed by atoms with Gasteiger partial charge in [-0.3, -0.25) is 9.89 Å². The monoisotopic (exact) mass is 382 g/mol. The molecule has 1 amide bonds. The fourth-order valence-electron chi connectivity index (χ4n) is 3.37. The number of halogens is 4. The Balaban J connectivity index is 0.00000312. The molecular formula is C16H26ClF3N4O. The van der Waals surface area contributed by atoms with Crippen LogP contribution in [0.5, 0.6) is 0 Å². The number of rotatable bonds is 5. The van der Waals surface area contributed by atoms with E-state index in [2.05, 4.69) is 10.2 Å². The van der Waals surface area contributed by atoms with Crippen LogP contribution in [0.3, 0.4) is 0 Å². The first-order valence-electron chi connectivity index (χ1n) is 8.39. The van der Waals surface area contributed by atoms with E-state index in [1.807, 2.05) is 13.8 Å². The van der Waals surface area contributed by atoms with E-state index in [9.17, 15) is 18.0 Å². The zero-order valence-corrected chi connectivity index (χ0v) is 15.3. The van der Waals surface area contributed by atoms with E-state index in [1.165, 1.54) is 0 Å². The molecule has 0 saturated carbocycles. The summed E-state index contributed by atoms with van der Waals surface area (Å²) in [6.45, 7) is 5.19. The first kappa shape index (κ1) is 21.8. The van der Waals surface area contributed by atoms with Gasteiger partial charge in [-0.05, 0) is 31.7 Å². The van der Waals surface area contributed by atoms with Crippen molar-refractivity contribution in [1.29, 1.82) is 0 Å². The van der Waals surface area contributed by atoms with Crippen LogP contribution in [0.1, 0.15) is 56.8 Å². The van der Waals surface area contributed by atoms with Gasteiger partial charge in [0.1, 0.15) is 0 Å². The summed E-state index contributed by atoms with van der Waals surface area (Å²) in [5.41, 5.74) is 4.79. The fraction of sp³-hybridized carbons (Fsp3) is 0.750. The molecule has 1 aliphatic heterocycles. The molecule has 0 radical (unpaired) electrons. The van der Waals surface area contributed by atoms with E-state index in [-0.39, 0.29) is 30.8 Å². The molecule has 9 heteroatoms. The lowest BCUT2D eigenvalue weighted by Crippen LogP contribution is -2.50. The van der Waals surface area contributed by atoms with Crippen LogP contribution in [0.2, 0.25) is 0 Å². The maximum atomic E-state index is 12.9. The second-order valence-electron chi connectivity index (χ2n) is 6.49. The van der Waals surface area contributed by atoms with E-state index in [0.717, 1.165) is 18.9 Å². The minimum atomic E-state index is -4.46. The van der Waals surface area contributed by atoms with Crippen molar-refractivity contribution < 1.29 is 18.0 Å². The lowest BCUT2D eigenvalue weighted by atomic mass is 9.80. The number of nitrogens with zero attached hydrogens (tertiary/aromatic N) is 2. The molecule has 5 nitrogen and oxygen atoms in total. The maximum Gasteiger partial charge on any atom is 0.435 e. The molecule has 2 rings (SSSR count). The largest absolute Gasteiger partial charge is 0.435 e. The Hall–Kier alpha value is -1.28. The minimum Gasteiger partial charge on any atom is -0.342 e. The number of hydrogen-bond donors (Lipinski definition) is 2. The van der Waals surface area contributed by atoms with Crippen molar-refractivity contribution in [2.45, 2.75) is 51.6 Å². The topological polar surface area (TPSA) is 75.0 Å². The molecule has 25 heavy (non-hydrogen) atoms. The number of aromatic nitrogens is 2. The number of H-pyrrole nitrogens is 1. The van der Waals surface area contributed by atoms with Crippen LogP contribution in [0.15, 0.2) is 6.07 Å². The van der Waals surface area contributed by atoms with Gasteiger partial charge in [-0.1, -0.05) is 13.8 Å². The number of aromatic amines is 1. The van der Waals surface area contributed by atoms with Crippen LogP contribution in [0.25, 0.3) is 0 Å². The molecule has 0 aromatic carbocycles. The van der Waals surface area contributed by atoms with Crippen molar-refractivity contribution in [3.63, 3.8) is 0 Å². The first-order valence-corrected chi connectivity index (χ1v) is 8.39. The third-order valence-electron chi connectivity index (χ3n) is 5.23. The molecule has 3 N–H and O–H groups in total. The predicted octanol–water partition coefficient (Wildman–Crippen LogP) is 3.32. The molecule has 1 aromatic heterocycles. The van der Waals surface area contributed by atoms with E-state index in [4.69, 9.17) is 5.73 Å². The number of carbonyl (C=O) groups excluding carboxylic acids is 1. The summed E-state index contributed by atoms with van der Waals surface area (Å²) >= 11 is 0. The average molecular weight is 383 g/mol. The van der Waals surface area contributed by atoms with Crippen molar-refractivity contribution in [2.75, 3.05) is 19.6 Å². The summed E-state index contributed by atoms with van der Waals surface area (Å²) in [6.07, 6.45) is -1.66. The SMILES string of the molecule is CCC(CC)(CN)C(=O)N1CCCC(c2cc(C(F)(F)F)n[nH]2)C1.Cl. The highest BCUT2D eigenvalue weighted by molar-refractivity contribution is 5.85. The number of alkyl halides is 3. The molecule has 1 aliphatic rings. The summed E-state index contributed by atoms with van der Waals surface area (Å²) in [5.74, 6) is -0.147. The quantitative estimate of drug-likeness (QED) is 0.820. The van der Waals surface area contributed by atoms with Gasteiger partial charge in [-0.25, -0.2) is 0 Å². The van der Waals surface area contributed by atoms with Gasteiger partial charge in [-0.15, -0.1) is 12.4 Å². The van der Waals surface area contributed by atoms with Gasteiger partial charge >= 0.3 is 6.18 Å². The first-order chi connectivity index (χ1) is 11.3. The lowest BCUT2D eigenvalue weighted by Gasteiger charge is -2.39. The van der Waals surface area contributed by atoms with E-state index >= 15 is 0 Å². The van der Waals surface area contributed by atoms with Crippen LogP contribution in [-0.4, -0.2) is 40.6 Å². The van der Waals surface area contributed by atoms with E-state index in [1.54, 1.807) is 4.90 Å². The number of nitrogens with one attached hydrogen (secondary N) is 1. The molecule has 1 fully saturated rings. The Morgan fingerprint density at radius 1 is 1.40 bits per heavy atom. The number of piperidine rings is 1. The van der Waals surface area contributed by atoms with E-state index in [0.29, 0.717) is 31.6 Å². The van der Waals surface area contributed by atoms with Gasteiger partial charge in [0, 0.05) is 31.2 Å². The van der Waals surface area contributed by atoms with Crippen LogP contribution < -0.4 is 5.73 Å². The molecule has 0 aliphatic carbocycles. The van der Waals surface area contributed by atoms with Crippen molar-refractivity contribution in [2.24, 2.45) is 11.1 Å². The maximum absolute atomic E-state index is 12.9. The second-order valence-corrected chi connectivity index (χ2v) is 6.49. The number of carbonyl (C=O) groups is 1. The summed E-state index contributed by atoms with van der Waals surface area (Å²) in [4.78, 5) is 14.6. The summed E-state index contributed by atoms with van der Waals surface area (Å²) in [5, 5.41) is 5.85. The third-order valence-corrected chi connectivity index (χ3v) is 5.23. The standard InChI is InChI=1S/C16H25F3N4O.ClH/c1-3-15(4-2,10-20)14(24)23-7-5-6-11(9-23)12-8-13(22-21-12)16(17,18)19;/h8,11H,3-7,9-10,20H2,1-2H3,(H,21,22);1H. The van der Waals surface area contributed by atoms with Gasteiger partial charge < -0.3 is 10.6 Å². The van der Waals surface area contributed by atoms with Gasteiger partial charge in [-0.2, -0.15) is 18.3 Å². The zero-order valence-electron chi connectivity index (χ0n) is 14.5. The molecule has 1 saturated heterocycles. The Labute approximate surface area is 151 Å². The molecule has 144 valence electrons. The third kappa shape index (κ3) is 4.47. The van der Waals surface area contributed by atoms with Crippen molar-refractivity contribution in [3.8, 4) is 0 Å². The Kier molecular flexibility index (Phi) is 7.31. The van der Waals surface area contributed by atoms with Crippen LogP contribution in [-0.2, 0) is 11.0 Å².